The van der Waals surface area contributed by atoms with Gasteiger partial charge in [-0.3, -0.25) is 4.79 Å². The first kappa shape index (κ1) is 10.6. The summed E-state index contributed by atoms with van der Waals surface area (Å²) in [6.45, 7) is 0. The van der Waals surface area contributed by atoms with Crippen molar-refractivity contribution < 1.29 is 4.79 Å². The molecule has 1 heterocycles. The molecule has 19 heavy (non-hydrogen) atoms. The highest BCUT2D eigenvalue weighted by Crippen LogP contribution is 2.35. The summed E-state index contributed by atoms with van der Waals surface area (Å²) in [6.07, 6.45) is 1.49. The molecule has 0 aliphatic heterocycles. The van der Waals surface area contributed by atoms with E-state index in [1.807, 2.05) is 30.3 Å². The normalized spacial score (nSPS) is 14.0. The van der Waals surface area contributed by atoms with Gasteiger partial charge >= 0.3 is 0 Å². The molecule has 2 aromatic carbocycles. The second-order valence-electron chi connectivity index (χ2n) is 4.93. The fourth-order valence-corrected chi connectivity index (χ4v) is 3.07. The van der Waals surface area contributed by atoms with E-state index in [0.29, 0.717) is 6.42 Å². The SMILES string of the molecule is O=C1CCc2c1c1ccccc1n2-c1ccccc1. The number of carbonyl (C=O) groups excluding carboxylic acids is 1. The molecule has 92 valence electrons. The van der Waals surface area contributed by atoms with E-state index in [9.17, 15) is 4.79 Å². The molecule has 2 heteroatoms. The van der Waals surface area contributed by atoms with Gasteiger partial charge in [0.1, 0.15) is 0 Å². The van der Waals surface area contributed by atoms with Gasteiger partial charge in [-0.1, -0.05) is 36.4 Å². The summed E-state index contributed by atoms with van der Waals surface area (Å²) in [5.74, 6) is 0.279. The molecule has 0 fully saturated rings. The molecule has 0 saturated heterocycles. The van der Waals surface area contributed by atoms with Crippen molar-refractivity contribution >= 4 is 16.7 Å². The fourth-order valence-electron chi connectivity index (χ4n) is 3.07. The molecule has 4 rings (SSSR count). The minimum atomic E-state index is 0.279. The minimum absolute atomic E-state index is 0.279. The largest absolute Gasteiger partial charge is 0.313 e. The Morgan fingerprint density at radius 3 is 2.42 bits per heavy atom. The molecule has 0 spiro atoms. The van der Waals surface area contributed by atoms with Crippen molar-refractivity contribution in [1.29, 1.82) is 0 Å². The maximum atomic E-state index is 12.1. The van der Waals surface area contributed by atoms with E-state index in [-0.39, 0.29) is 5.78 Å². The summed E-state index contributed by atoms with van der Waals surface area (Å²) in [7, 11) is 0. The van der Waals surface area contributed by atoms with Crippen molar-refractivity contribution in [3.63, 3.8) is 0 Å². The summed E-state index contributed by atoms with van der Waals surface area (Å²) in [5.41, 5.74) is 4.36. The summed E-state index contributed by atoms with van der Waals surface area (Å²) in [4.78, 5) is 12.1. The number of ketones is 1. The quantitative estimate of drug-likeness (QED) is 0.641. The lowest BCUT2D eigenvalue weighted by atomic mass is 10.1. The number of aromatic nitrogens is 1. The van der Waals surface area contributed by atoms with Crippen LogP contribution in [0.4, 0.5) is 0 Å². The fraction of sp³-hybridized carbons (Fsp3) is 0.118. The predicted molar refractivity (Wildman–Crippen MR) is 75.9 cm³/mol. The van der Waals surface area contributed by atoms with Gasteiger partial charge in [0, 0.05) is 28.8 Å². The summed E-state index contributed by atoms with van der Waals surface area (Å²) in [5, 5.41) is 1.09. The number of para-hydroxylation sites is 2. The van der Waals surface area contributed by atoms with Crippen LogP contribution in [-0.2, 0) is 6.42 Å². The highest BCUT2D eigenvalue weighted by atomic mass is 16.1. The van der Waals surface area contributed by atoms with Gasteiger partial charge in [-0.25, -0.2) is 0 Å². The van der Waals surface area contributed by atoms with Crippen LogP contribution in [0, 0.1) is 0 Å². The third-order valence-electron chi connectivity index (χ3n) is 3.85. The number of hydrogen-bond donors (Lipinski definition) is 0. The molecule has 0 radical (unpaired) electrons. The highest BCUT2D eigenvalue weighted by molar-refractivity contribution is 6.12. The molecule has 1 aliphatic carbocycles. The lowest BCUT2D eigenvalue weighted by Gasteiger charge is -2.08. The first-order chi connectivity index (χ1) is 9.36. The summed E-state index contributed by atoms with van der Waals surface area (Å²) in [6, 6.07) is 18.4. The van der Waals surface area contributed by atoms with Gasteiger partial charge in [0.05, 0.1) is 5.52 Å². The Morgan fingerprint density at radius 1 is 0.842 bits per heavy atom. The Hall–Kier alpha value is -2.35. The van der Waals surface area contributed by atoms with E-state index in [0.717, 1.165) is 34.3 Å². The standard InChI is InChI=1S/C17H13NO/c19-16-11-10-15-17(16)13-8-4-5-9-14(13)18(15)12-6-2-1-3-7-12/h1-9H,10-11H2. The number of benzene rings is 2. The number of fused-ring (bicyclic) bond motifs is 3. The van der Waals surface area contributed by atoms with Crippen LogP contribution in [0.5, 0.6) is 0 Å². The van der Waals surface area contributed by atoms with Crippen molar-refractivity contribution in [2.24, 2.45) is 0 Å². The molecule has 1 aromatic heterocycles. The van der Waals surface area contributed by atoms with Crippen molar-refractivity contribution in [3.05, 3.63) is 65.9 Å². The predicted octanol–water partition coefficient (Wildman–Crippen LogP) is 3.76. The van der Waals surface area contributed by atoms with Crippen molar-refractivity contribution in [2.75, 3.05) is 0 Å². The lowest BCUT2D eigenvalue weighted by Crippen LogP contribution is -1.98. The van der Waals surface area contributed by atoms with Crippen LogP contribution in [0.1, 0.15) is 22.5 Å². The van der Waals surface area contributed by atoms with Crippen LogP contribution < -0.4 is 0 Å². The minimum Gasteiger partial charge on any atom is -0.313 e. The van der Waals surface area contributed by atoms with Crippen LogP contribution in [0.25, 0.3) is 16.6 Å². The van der Waals surface area contributed by atoms with Gasteiger partial charge in [-0.05, 0) is 24.6 Å². The Kier molecular flexibility index (Phi) is 2.12. The lowest BCUT2D eigenvalue weighted by molar-refractivity contribution is 0.0996. The van der Waals surface area contributed by atoms with E-state index in [1.54, 1.807) is 0 Å². The van der Waals surface area contributed by atoms with Gasteiger partial charge in [0.25, 0.3) is 0 Å². The van der Waals surface area contributed by atoms with Gasteiger partial charge in [0.2, 0.25) is 0 Å². The number of nitrogens with zero attached hydrogens (tertiary/aromatic N) is 1. The van der Waals surface area contributed by atoms with Crippen LogP contribution in [-0.4, -0.2) is 10.4 Å². The van der Waals surface area contributed by atoms with Gasteiger partial charge in [0.15, 0.2) is 5.78 Å². The van der Waals surface area contributed by atoms with Crippen LogP contribution in [0.15, 0.2) is 54.6 Å². The van der Waals surface area contributed by atoms with Crippen LogP contribution in [0.3, 0.4) is 0 Å². The zero-order valence-corrected chi connectivity index (χ0v) is 10.5. The molecule has 0 atom stereocenters. The number of hydrogen-bond acceptors (Lipinski definition) is 1. The Morgan fingerprint density at radius 2 is 1.58 bits per heavy atom. The van der Waals surface area contributed by atoms with E-state index in [1.165, 1.54) is 0 Å². The number of carbonyl (C=O) groups is 1. The van der Waals surface area contributed by atoms with Gasteiger partial charge in [-0.2, -0.15) is 0 Å². The molecule has 0 N–H and O–H groups in total. The number of Topliss-reactive ketones (excluding diaryl/α,β-unsaturated/α-hetero) is 1. The molecule has 3 aromatic rings. The Balaban J connectivity index is 2.14. The van der Waals surface area contributed by atoms with Crippen LogP contribution >= 0.6 is 0 Å². The first-order valence-corrected chi connectivity index (χ1v) is 6.57. The molecule has 0 bridgehead atoms. The van der Waals surface area contributed by atoms with Gasteiger partial charge < -0.3 is 4.57 Å². The van der Waals surface area contributed by atoms with Crippen LogP contribution in [0.2, 0.25) is 0 Å². The summed E-state index contributed by atoms with van der Waals surface area (Å²) < 4.78 is 2.23. The third-order valence-corrected chi connectivity index (χ3v) is 3.85. The van der Waals surface area contributed by atoms with E-state index < -0.39 is 0 Å². The molecular weight excluding hydrogens is 234 g/mol. The molecule has 0 amide bonds. The third kappa shape index (κ3) is 1.40. The molecule has 0 unspecified atom stereocenters. The smallest absolute Gasteiger partial charge is 0.165 e. The van der Waals surface area contributed by atoms with Gasteiger partial charge in [-0.15, -0.1) is 0 Å². The zero-order valence-electron chi connectivity index (χ0n) is 10.5. The average Bonchev–Trinajstić information content (AvgIpc) is 2.98. The van der Waals surface area contributed by atoms with E-state index in [4.69, 9.17) is 0 Å². The second-order valence-corrected chi connectivity index (χ2v) is 4.93. The molecule has 1 aliphatic rings. The molecule has 0 saturated carbocycles. The van der Waals surface area contributed by atoms with E-state index >= 15 is 0 Å². The number of rotatable bonds is 1. The van der Waals surface area contributed by atoms with Crippen molar-refractivity contribution in [1.82, 2.24) is 4.57 Å². The monoisotopic (exact) mass is 247 g/mol. The topological polar surface area (TPSA) is 22.0 Å². The van der Waals surface area contributed by atoms with Crippen molar-refractivity contribution in [2.45, 2.75) is 12.8 Å². The van der Waals surface area contributed by atoms with E-state index in [2.05, 4.69) is 28.8 Å². The average molecular weight is 247 g/mol. The maximum absolute atomic E-state index is 12.1. The maximum Gasteiger partial charge on any atom is 0.165 e. The summed E-state index contributed by atoms with van der Waals surface area (Å²) >= 11 is 0. The molecular formula is C17H13NO. The Labute approximate surface area is 111 Å². The Bertz CT molecular complexity index is 784. The second kappa shape index (κ2) is 3.82. The first-order valence-electron chi connectivity index (χ1n) is 6.57. The molecule has 2 nitrogen and oxygen atoms in total. The highest BCUT2D eigenvalue weighted by Gasteiger charge is 2.27. The zero-order chi connectivity index (χ0) is 12.8. The van der Waals surface area contributed by atoms with Crippen molar-refractivity contribution in [3.8, 4) is 5.69 Å².